The van der Waals surface area contributed by atoms with Gasteiger partial charge >= 0.3 is 6.09 Å². The van der Waals surface area contributed by atoms with E-state index in [2.05, 4.69) is 10.4 Å². The first kappa shape index (κ1) is 14.1. The van der Waals surface area contributed by atoms with Crippen LogP contribution in [-0.2, 0) is 11.3 Å². The van der Waals surface area contributed by atoms with Crippen molar-refractivity contribution in [3.63, 3.8) is 0 Å². The summed E-state index contributed by atoms with van der Waals surface area (Å²) in [6, 6.07) is 10.0. The molecule has 2 rings (SSSR count). The monoisotopic (exact) mass is 273 g/mol. The topological polar surface area (TPSA) is 56.1 Å². The second-order valence-electron chi connectivity index (χ2n) is 5.54. The van der Waals surface area contributed by atoms with Crippen molar-refractivity contribution in [2.45, 2.75) is 32.9 Å². The van der Waals surface area contributed by atoms with E-state index in [4.69, 9.17) is 4.74 Å². The molecule has 0 radical (unpaired) electrons. The van der Waals surface area contributed by atoms with Gasteiger partial charge in [-0.05, 0) is 26.3 Å². The Morgan fingerprint density at radius 2 is 2.00 bits per heavy atom. The number of carbonyl (C=O) groups is 1. The molecular formula is C15H19N3O2. The van der Waals surface area contributed by atoms with Crippen LogP contribution < -0.4 is 5.32 Å². The maximum atomic E-state index is 11.6. The van der Waals surface area contributed by atoms with Crippen molar-refractivity contribution < 1.29 is 9.53 Å². The molecule has 1 aromatic heterocycles. The van der Waals surface area contributed by atoms with E-state index in [0.717, 1.165) is 5.56 Å². The van der Waals surface area contributed by atoms with Gasteiger partial charge in [0.2, 0.25) is 0 Å². The molecule has 20 heavy (non-hydrogen) atoms. The summed E-state index contributed by atoms with van der Waals surface area (Å²) < 4.78 is 6.95. The Kier molecular flexibility index (Phi) is 4.08. The highest BCUT2D eigenvalue weighted by Crippen LogP contribution is 2.11. The molecule has 106 valence electrons. The van der Waals surface area contributed by atoms with E-state index >= 15 is 0 Å². The zero-order valence-electron chi connectivity index (χ0n) is 12.0. The Bertz CT molecular complexity index is 570. The van der Waals surface area contributed by atoms with E-state index in [1.54, 1.807) is 17.1 Å². The van der Waals surface area contributed by atoms with Crippen molar-refractivity contribution in [3.8, 4) is 0 Å². The number of hydrogen-bond acceptors (Lipinski definition) is 3. The van der Waals surface area contributed by atoms with Gasteiger partial charge in [-0.1, -0.05) is 30.3 Å². The molecule has 5 heteroatoms. The number of ether oxygens (including phenoxy) is 1. The maximum Gasteiger partial charge on any atom is 0.412 e. The van der Waals surface area contributed by atoms with Crippen LogP contribution in [0.1, 0.15) is 26.3 Å². The Morgan fingerprint density at radius 1 is 1.30 bits per heavy atom. The van der Waals surface area contributed by atoms with Gasteiger partial charge in [-0.25, -0.2) is 4.79 Å². The van der Waals surface area contributed by atoms with Crippen molar-refractivity contribution in [3.05, 3.63) is 48.3 Å². The molecule has 0 aliphatic carbocycles. The first-order chi connectivity index (χ1) is 9.42. The molecule has 1 heterocycles. The highest BCUT2D eigenvalue weighted by Gasteiger charge is 2.16. The summed E-state index contributed by atoms with van der Waals surface area (Å²) in [5.74, 6) is 0. The van der Waals surface area contributed by atoms with Crippen molar-refractivity contribution >= 4 is 11.8 Å². The summed E-state index contributed by atoms with van der Waals surface area (Å²) in [6.07, 6.45) is 2.90. The summed E-state index contributed by atoms with van der Waals surface area (Å²) in [5.41, 5.74) is 1.26. The number of anilines is 1. The lowest BCUT2D eigenvalue weighted by molar-refractivity contribution is 0.0636. The first-order valence-corrected chi connectivity index (χ1v) is 6.49. The second kappa shape index (κ2) is 5.77. The average molecular weight is 273 g/mol. The lowest BCUT2D eigenvalue weighted by Crippen LogP contribution is -2.27. The predicted molar refractivity (Wildman–Crippen MR) is 77.6 cm³/mol. The van der Waals surface area contributed by atoms with E-state index in [-0.39, 0.29) is 0 Å². The third-order valence-corrected chi connectivity index (χ3v) is 2.47. The lowest BCUT2D eigenvalue weighted by Gasteiger charge is -2.19. The molecule has 0 bridgehead atoms. The summed E-state index contributed by atoms with van der Waals surface area (Å²) >= 11 is 0. The van der Waals surface area contributed by atoms with Gasteiger partial charge in [0.1, 0.15) is 5.60 Å². The molecular weight excluding hydrogens is 254 g/mol. The van der Waals surface area contributed by atoms with Crippen molar-refractivity contribution in [2.24, 2.45) is 0 Å². The van der Waals surface area contributed by atoms with E-state index in [1.165, 1.54) is 0 Å². The molecule has 1 N–H and O–H groups in total. The van der Waals surface area contributed by atoms with Crippen LogP contribution in [0.5, 0.6) is 0 Å². The average Bonchev–Trinajstić information content (AvgIpc) is 2.75. The minimum Gasteiger partial charge on any atom is -0.444 e. The molecule has 0 spiro atoms. The van der Waals surface area contributed by atoms with Crippen LogP contribution in [0, 0.1) is 0 Å². The molecule has 5 nitrogen and oxygen atoms in total. The van der Waals surface area contributed by atoms with Crippen LogP contribution in [-0.4, -0.2) is 21.5 Å². The summed E-state index contributed by atoms with van der Waals surface area (Å²) in [6.45, 7) is 6.14. The quantitative estimate of drug-likeness (QED) is 0.933. The van der Waals surface area contributed by atoms with Gasteiger partial charge in [0, 0.05) is 6.20 Å². The Labute approximate surface area is 118 Å². The smallest absolute Gasteiger partial charge is 0.412 e. The van der Waals surface area contributed by atoms with Gasteiger partial charge in [0.15, 0.2) is 0 Å². The number of amides is 1. The standard InChI is InChI=1S/C15H19N3O2/c1-15(2,3)20-14(19)17-13-9-16-18(11-13)10-12-7-5-4-6-8-12/h4-9,11H,10H2,1-3H3,(H,17,19). The number of nitrogens with one attached hydrogen (secondary N) is 1. The predicted octanol–water partition coefficient (Wildman–Crippen LogP) is 3.28. The molecule has 0 aliphatic rings. The van der Waals surface area contributed by atoms with Crippen LogP contribution >= 0.6 is 0 Å². The third kappa shape index (κ3) is 4.42. The molecule has 0 unspecified atom stereocenters. The number of benzene rings is 1. The van der Waals surface area contributed by atoms with Crippen LogP contribution in [0.4, 0.5) is 10.5 Å². The van der Waals surface area contributed by atoms with Gasteiger partial charge in [0.25, 0.3) is 0 Å². The van der Waals surface area contributed by atoms with Crippen molar-refractivity contribution in [1.82, 2.24) is 9.78 Å². The minimum absolute atomic E-state index is 0.475. The summed E-state index contributed by atoms with van der Waals surface area (Å²) in [4.78, 5) is 11.6. The second-order valence-corrected chi connectivity index (χ2v) is 5.54. The van der Waals surface area contributed by atoms with Crippen LogP contribution in [0.2, 0.25) is 0 Å². The fraction of sp³-hybridized carbons (Fsp3) is 0.333. The number of carbonyl (C=O) groups excluding carboxylic acids is 1. The largest absolute Gasteiger partial charge is 0.444 e. The van der Waals surface area contributed by atoms with E-state index in [1.807, 2.05) is 51.1 Å². The SMILES string of the molecule is CC(C)(C)OC(=O)Nc1cnn(Cc2ccccc2)c1. The normalized spacial score (nSPS) is 11.2. The fourth-order valence-corrected chi connectivity index (χ4v) is 1.71. The zero-order chi connectivity index (χ0) is 14.6. The number of aromatic nitrogens is 2. The molecule has 0 saturated carbocycles. The van der Waals surface area contributed by atoms with Gasteiger partial charge in [-0.2, -0.15) is 5.10 Å². The van der Waals surface area contributed by atoms with E-state index in [0.29, 0.717) is 12.2 Å². The molecule has 1 aromatic carbocycles. The van der Waals surface area contributed by atoms with Crippen molar-refractivity contribution in [2.75, 3.05) is 5.32 Å². The fourth-order valence-electron chi connectivity index (χ4n) is 1.71. The van der Waals surface area contributed by atoms with Gasteiger partial charge in [0.05, 0.1) is 18.4 Å². The summed E-state index contributed by atoms with van der Waals surface area (Å²) in [7, 11) is 0. The molecule has 0 aliphatic heterocycles. The molecule has 0 fully saturated rings. The van der Waals surface area contributed by atoms with Gasteiger partial charge < -0.3 is 4.74 Å². The Balaban J connectivity index is 1.94. The number of nitrogens with zero attached hydrogens (tertiary/aromatic N) is 2. The minimum atomic E-state index is -0.510. The molecule has 1 amide bonds. The van der Waals surface area contributed by atoms with E-state index in [9.17, 15) is 4.79 Å². The van der Waals surface area contributed by atoms with Crippen LogP contribution in [0.25, 0.3) is 0 Å². The lowest BCUT2D eigenvalue weighted by atomic mass is 10.2. The molecule has 2 aromatic rings. The third-order valence-electron chi connectivity index (χ3n) is 2.47. The van der Waals surface area contributed by atoms with E-state index < -0.39 is 11.7 Å². The van der Waals surface area contributed by atoms with Gasteiger partial charge in [-0.3, -0.25) is 10.00 Å². The highest BCUT2D eigenvalue weighted by atomic mass is 16.6. The maximum absolute atomic E-state index is 11.6. The number of hydrogen-bond donors (Lipinski definition) is 1. The van der Waals surface area contributed by atoms with Crippen LogP contribution in [0.15, 0.2) is 42.7 Å². The first-order valence-electron chi connectivity index (χ1n) is 6.49. The van der Waals surface area contributed by atoms with Crippen molar-refractivity contribution in [1.29, 1.82) is 0 Å². The highest BCUT2D eigenvalue weighted by molar-refractivity contribution is 5.84. The number of rotatable bonds is 3. The van der Waals surface area contributed by atoms with Crippen LogP contribution in [0.3, 0.4) is 0 Å². The molecule has 0 atom stereocenters. The Hall–Kier alpha value is -2.30. The summed E-state index contributed by atoms with van der Waals surface area (Å²) in [5, 5.41) is 6.87. The zero-order valence-corrected chi connectivity index (χ0v) is 12.0. The molecule has 0 saturated heterocycles. The Morgan fingerprint density at radius 3 is 2.65 bits per heavy atom. The van der Waals surface area contributed by atoms with Gasteiger partial charge in [-0.15, -0.1) is 0 Å².